The van der Waals surface area contributed by atoms with Crippen LogP contribution in [-0.4, -0.2) is 49.7 Å². The zero-order valence-corrected chi connectivity index (χ0v) is 16.7. The molecule has 0 aliphatic carbocycles. The summed E-state index contributed by atoms with van der Waals surface area (Å²) in [6, 6.07) is 1.57. The van der Waals surface area contributed by atoms with Gasteiger partial charge >= 0.3 is 6.09 Å². The summed E-state index contributed by atoms with van der Waals surface area (Å²) in [5, 5.41) is 12.0. The van der Waals surface area contributed by atoms with Crippen LogP contribution in [0.15, 0.2) is 18.5 Å². The van der Waals surface area contributed by atoms with Gasteiger partial charge in [0, 0.05) is 19.3 Å². The van der Waals surface area contributed by atoms with Crippen LogP contribution in [0, 0.1) is 0 Å². The highest BCUT2D eigenvalue weighted by atomic mass is 28.4. The number of hydrogen-bond acceptors (Lipinski definition) is 5. The molecule has 25 heavy (non-hydrogen) atoms. The molecular weight excluding hydrogens is 336 g/mol. The van der Waals surface area contributed by atoms with Gasteiger partial charge in [0.2, 0.25) is 0 Å². The molecule has 0 aromatic carbocycles. The van der Waals surface area contributed by atoms with Gasteiger partial charge < -0.3 is 25.5 Å². The number of pyridine rings is 1. The predicted molar refractivity (Wildman–Crippen MR) is 102 cm³/mol. The van der Waals surface area contributed by atoms with Crippen molar-refractivity contribution in [1.82, 2.24) is 10.3 Å². The Bertz CT molecular complexity index is 618. The standard InChI is InChI=1S/C17H30N4O3Si/c1-17(2,3)25(4,5)24-15-7-9-21(11-13(15)20-16(22)23)14-6-8-19-10-12(14)18/h6,8,10,13,15,20H,7,9,11,18H2,1-5H3,(H,22,23). The molecule has 1 aromatic heterocycles. The van der Waals surface area contributed by atoms with E-state index in [1.807, 2.05) is 6.07 Å². The summed E-state index contributed by atoms with van der Waals surface area (Å²) < 4.78 is 6.51. The fourth-order valence-corrected chi connectivity index (χ4v) is 4.22. The van der Waals surface area contributed by atoms with Gasteiger partial charge in [-0.25, -0.2) is 4.79 Å². The van der Waals surface area contributed by atoms with Crippen molar-refractivity contribution in [2.45, 2.75) is 57.5 Å². The van der Waals surface area contributed by atoms with Crippen LogP contribution < -0.4 is 16.0 Å². The maximum atomic E-state index is 11.3. The first-order chi connectivity index (χ1) is 11.5. The number of carboxylic acid groups (broad SMARTS) is 1. The fraction of sp³-hybridized carbons (Fsp3) is 0.647. The molecule has 1 aliphatic heterocycles. The lowest BCUT2D eigenvalue weighted by molar-refractivity contribution is 0.110. The van der Waals surface area contributed by atoms with Crippen LogP contribution in [0.5, 0.6) is 0 Å². The van der Waals surface area contributed by atoms with Crippen LogP contribution in [0.1, 0.15) is 27.2 Å². The van der Waals surface area contributed by atoms with Gasteiger partial charge in [0.25, 0.3) is 0 Å². The Morgan fingerprint density at radius 1 is 1.48 bits per heavy atom. The summed E-state index contributed by atoms with van der Waals surface area (Å²) in [4.78, 5) is 17.4. The van der Waals surface area contributed by atoms with Crippen molar-refractivity contribution >= 4 is 25.8 Å². The Kier molecular flexibility index (Phi) is 5.63. The number of piperidine rings is 1. The van der Waals surface area contributed by atoms with E-state index in [4.69, 9.17) is 10.2 Å². The van der Waals surface area contributed by atoms with Crippen molar-refractivity contribution in [3.8, 4) is 0 Å². The number of nitrogen functional groups attached to an aromatic ring is 1. The van der Waals surface area contributed by atoms with Crippen LogP contribution in [0.4, 0.5) is 16.2 Å². The van der Waals surface area contributed by atoms with E-state index in [1.54, 1.807) is 12.4 Å². The van der Waals surface area contributed by atoms with Crippen LogP contribution in [0.2, 0.25) is 18.1 Å². The summed E-state index contributed by atoms with van der Waals surface area (Å²) in [5.41, 5.74) is 7.51. The summed E-state index contributed by atoms with van der Waals surface area (Å²) in [6.45, 7) is 12.2. The number of nitrogens with zero attached hydrogens (tertiary/aromatic N) is 2. The smallest absolute Gasteiger partial charge is 0.405 e. The van der Waals surface area contributed by atoms with Crippen molar-refractivity contribution < 1.29 is 14.3 Å². The molecule has 7 nitrogen and oxygen atoms in total. The average molecular weight is 367 g/mol. The molecular formula is C17H30N4O3Si. The largest absolute Gasteiger partial charge is 0.465 e. The molecule has 1 amide bonds. The van der Waals surface area contributed by atoms with E-state index < -0.39 is 14.4 Å². The van der Waals surface area contributed by atoms with E-state index >= 15 is 0 Å². The van der Waals surface area contributed by atoms with Gasteiger partial charge in [-0.05, 0) is 30.6 Å². The second-order valence-electron chi connectivity index (χ2n) is 8.14. The number of aromatic nitrogens is 1. The van der Waals surface area contributed by atoms with Crippen LogP contribution >= 0.6 is 0 Å². The monoisotopic (exact) mass is 366 g/mol. The molecule has 8 heteroatoms. The summed E-state index contributed by atoms with van der Waals surface area (Å²) in [7, 11) is -1.98. The molecule has 2 unspecified atom stereocenters. The number of carbonyl (C=O) groups is 1. The van der Waals surface area contributed by atoms with E-state index in [0.29, 0.717) is 12.2 Å². The van der Waals surface area contributed by atoms with E-state index in [-0.39, 0.29) is 17.2 Å². The van der Waals surface area contributed by atoms with Crippen LogP contribution in [-0.2, 0) is 4.43 Å². The zero-order chi connectivity index (χ0) is 18.8. The number of nitrogens with one attached hydrogen (secondary N) is 1. The first-order valence-electron chi connectivity index (χ1n) is 8.63. The molecule has 2 atom stereocenters. The number of nitrogens with two attached hydrogens (primary N) is 1. The Morgan fingerprint density at radius 3 is 2.72 bits per heavy atom. The maximum absolute atomic E-state index is 11.3. The Balaban J connectivity index is 2.18. The minimum absolute atomic E-state index is 0.0768. The highest BCUT2D eigenvalue weighted by Gasteiger charge is 2.42. The molecule has 1 fully saturated rings. The van der Waals surface area contributed by atoms with Gasteiger partial charge in [0.1, 0.15) is 0 Å². The lowest BCUT2D eigenvalue weighted by Crippen LogP contribution is -2.59. The van der Waals surface area contributed by atoms with E-state index in [9.17, 15) is 9.90 Å². The molecule has 1 aromatic rings. The number of anilines is 2. The van der Waals surface area contributed by atoms with Gasteiger partial charge in [-0.3, -0.25) is 4.98 Å². The van der Waals surface area contributed by atoms with E-state index in [1.165, 1.54) is 0 Å². The normalized spacial score (nSPS) is 21.9. The summed E-state index contributed by atoms with van der Waals surface area (Å²) in [6.07, 6.45) is 2.91. The fourth-order valence-electron chi connectivity index (χ4n) is 2.83. The predicted octanol–water partition coefficient (Wildman–Crippen LogP) is 2.90. The Hall–Kier alpha value is -1.80. The van der Waals surface area contributed by atoms with Crippen molar-refractivity contribution in [3.05, 3.63) is 18.5 Å². The SMILES string of the molecule is CC(C)(C)[Si](C)(C)OC1CCN(c2ccncc2N)CC1NC(=O)O. The maximum Gasteiger partial charge on any atom is 0.405 e. The number of amides is 1. The molecule has 0 spiro atoms. The lowest BCUT2D eigenvalue weighted by Gasteiger charge is -2.45. The van der Waals surface area contributed by atoms with Crippen molar-refractivity contribution in [2.75, 3.05) is 23.7 Å². The topological polar surface area (TPSA) is 101 Å². The van der Waals surface area contributed by atoms with Crippen molar-refractivity contribution in [1.29, 1.82) is 0 Å². The number of hydrogen-bond donors (Lipinski definition) is 3. The average Bonchev–Trinajstić information content (AvgIpc) is 2.48. The molecule has 140 valence electrons. The van der Waals surface area contributed by atoms with Crippen LogP contribution in [0.3, 0.4) is 0 Å². The minimum Gasteiger partial charge on any atom is -0.465 e. The Labute approximate surface area is 150 Å². The zero-order valence-electron chi connectivity index (χ0n) is 15.7. The molecule has 2 rings (SSSR count). The van der Waals surface area contributed by atoms with Gasteiger partial charge in [-0.2, -0.15) is 0 Å². The second-order valence-corrected chi connectivity index (χ2v) is 12.9. The first-order valence-corrected chi connectivity index (χ1v) is 11.5. The third-order valence-electron chi connectivity index (χ3n) is 5.28. The molecule has 4 N–H and O–H groups in total. The lowest BCUT2D eigenvalue weighted by atomic mass is 10.0. The molecule has 2 heterocycles. The molecule has 0 bridgehead atoms. The van der Waals surface area contributed by atoms with E-state index in [0.717, 1.165) is 18.7 Å². The minimum atomic E-state index is -1.98. The molecule has 1 aliphatic rings. The highest BCUT2D eigenvalue weighted by Crippen LogP contribution is 2.38. The van der Waals surface area contributed by atoms with Crippen LogP contribution in [0.25, 0.3) is 0 Å². The second kappa shape index (κ2) is 7.21. The molecule has 0 saturated carbocycles. The third-order valence-corrected chi connectivity index (χ3v) is 9.78. The van der Waals surface area contributed by atoms with Crippen molar-refractivity contribution in [2.24, 2.45) is 0 Å². The van der Waals surface area contributed by atoms with E-state index in [2.05, 4.69) is 49.1 Å². The summed E-state index contributed by atoms with van der Waals surface area (Å²) in [5.74, 6) is 0. The van der Waals surface area contributed by atoms with Crippen molar-refractivity contribution in [3.63, 3.8) is 0 Å². The quantitative estimate of drug-likeness (QED) is 0.708. The molecule has 1 saturated heterocycles. The Morgan fingerprint density at radius 2 is 2.16 bits per heavy atom. The third kappa shape index (κ3) is 4.64. The van der Waals surface area contributed by atoms with Gasteiger partial charge in [0.15, 0.2) is 8.32 Å². The first kappa shape index (κ1) is 19.5. The van der Waals surface area contributed by atoms with Gasteiger partial charge in [0.05, 0.1) is 29.7 Å². The summed E-state index contributed by atoms with van der Waals surface area (Å²) >= 11 is 0. The number of rotatable bonds is 4. The van der Waals surface area contributed by atoms with Gasteiger partial charge in [-0.15, -0.1) is 0 Å². The van der Waals surface area contributed by atoms with Gasteiger partial charge in [-0.1, -0.05) is 20.8 Å². The molecule has 0 radical (unpaired) electrons. The highest BCUT2D eigenvalue weighted by molar-refractivity contribution is 6.74.